The fourth-order valence-corrected chi connectivity index (χ4v) is 4.85. The van der Waals surface area contributed by atoms with Crippen LogP contribution in [0.5, 0.6) is 5.75 Å². The Morgan fingerprint density at radius 2 is 1.71 bits per heavy atom. The topological polar surface area (TPSA) is 79.2 Å². The monoisotopic (exact) mass is 424 g/mol. The zero-order chi connectivity index (χ0) is 20.3. The van der Waals surface area contributed by atoms with E-state index in [4.69, 9.17) is 21.1 Å². The van der Waals surface area contributed by atoms with Crippen LogP contribution in [0.1, 0.15) is 28.9 Å². The van der Waals surface area contributed by atoms with Gasteiger partial charge in [0, 0.05) is 12.1 Å². The summed E-state index contributed by atoms with van der Waals surface area (Å²) >= 11 is 7.69. The lowest BCUT2D eigenvalue weighted by Crippen LogP contribution is -2.50. The maximum Gasteiger partial charge on any atom is 0.132 e. The number of hydrogen-bond acceptors (Lipinski definition) is 6. The quantitative estimate of drug-likeness (QED) is 0.661. The van der Waals surface area contributed by atoms with Crippen molar-refractivity contribution in [2.75, 3.05) is 13.7 Å². The van der Waals surface area contributed by atoms with Gasteiger partial charge in [-0.2, -0.15) is 0 Å². The number of methoxy groups -OCH3 is 1. The summed E-state index contributed by atoms with van der Waals surface area (Å²) in [4.78, 5) is 0. The second-order valence-electron chi connectivity index (χ2n) is 6.74. The summed E-state index contributed by atoms with van der Waals surface area (Å²) in [5, 5.41) is 30.9. The minimum atomic E-state index is -1.28. The third-order valence-corrected chi connectivity index (χ3v) is 6.78. The van der Waals surface area contributed by atoms with E-state index >= 15 is 0 Å². The molecule has 0 radical (unpaired) electrons. The molecule has 0 bridgehead atoms. The molecule has 28 heavy (non-hydrogen) atoms. The molecule has 2 aromatic carbocycles. The van der Waals surface area contributed by atoms with E-state index in [1.54, 1.807) is 6.07 Å². The molecule has 1 fully saturated rings. The number of rotatable bonds is 6. The molecule has 5 atom stereocenters. The largest absolute Gasteiger partial charge is 0.494 e. The summed E-state index contributed by atoms with van der Waals surface area (Å²) < 4.78 is 10.7. The predicted molar refractivity (Wildman–Crippen MR) is 111 cm³/mol. The Morgan fingerprint density at radius 1 is 1.00 bits per heavy atom. The number of thioether (sulfide) groups is 1. The third kappa shape index (κ3) is 4.64. The molecule has 0 amide bonds. The molecule has 0 spiro atoms. The molecule has 1 heterocycles. The van der Waals surface area contributed by atoms with Crippen LogP contribution in [0.4, 0.5) is 0 Å². The van der Waals surface area contributed by atoms with Crippen LogP contribution in [-0.4, -0.2) is 52.8 Å². The van der Waals surface area contributed by atoms with E-state index in [2.05, 4.69) is 0 Å². The van der Waals surface area contributed by atoms with Crippen LogP contribution in [-0.2, 0) is 11.2 Å². The lowest BCUT2D eigenvalue weighted by Gasteiger charge is -2.39. The second-order valence-corrected chi connectivity index (χ2v) is 8.39. The Labute approximate surface area is 174 Å². The highest BCUT2D eigenvalue weighted by Gasteiger charge is 2.44. The predicted octanol–water partition coefficient (Wildman–Crippen LogP) is 3.17. The smallest absolute Gasteiger partial charge is 0.132 e. The van der Waals surface area contributed by atoms with Crippen LogP contribution in [0.2, 0.25) is 5.02 Å². The number of ether oxygens (including phenoxy) is 2. The fraction of sp³-hybridized carbons (Fsp3) is 0.429. The van der Waals surface area contributed by atoms with Crippen LogP contribution in [0.3, 0.4) is 0 Å². The zero-order valence-electron chi connectivity index (χ0n) is 15.8. The van der Waals surface area contributed by atoms with Crippen molar-refractivity contribution in [2.24, 2.45) is 0 Å². The third-order valence-electron chi connectivity index (χ3n) is 4.83. The van der Waals surface area contributed by atoms with Gasteiger partial charge in [0.1, 0.15) is 23.4 Å². The van der Waals surface area contributed by atoms with Crippen molar-refractivity contribution < 1.29 is 24.8 Å². The average Bonchev–Trinajstić information content (AvgIpc) is 2.70. The van der Waals surface area contributed by atoms with Gasteiger partial charge in [-0.3, -0.25) is 0 Å². The zero-order valence-corrected chi connectivity index (χ0v) is 17.4. The molecule has 3 N–H and O–H groups in total. The summed E-state index contributed by atoms with van der Waals surface area (Å²) in [6.45, 7) is 2.57. The van der Waals surface area contributed by atoms with Gasteiger partial charge in [-0.15, -0.1) is 11.8 Å². The van der Waals surface area contributed by atoms with Gasteiger partial charge in [0.25, 0.3) is 0 Å². The van der Waals surface area contributed by atoms with E-state index in [0.717, 1.165) is 22.4 Å². The van der Waals surface area contributed by atoms with Gasteiger partial charge in [-0.25, -0.2) is 0 Å². The van der Waals surface area contributed by atoms with Crippen LogP contribution < -0.4 is 4.74 Å². The summed E-state index contributed by atoms with van der Waals surface area (Å²) in [6, 6.07) is 13.4. The molecular formula is C21H25ClO5S. The van der Waals surface area contributed by atoms with Crippen molar-refractivity contribution in [3.8, 4) is 5.75 Å². The molecule has 5 nitrogen and oxygen atoms in total. The van der Waals surface area contributed by atoms with Crippen molar-refractivity contribution in [3.63, 3.8) is 0 Å². The van der Waals surface area contributed by atoms with Crippen molar-refractivity contribution in [1.29, 1.82) is 0 Å². The number of hydrogen-bond donors (Lipinski definition) is 3. The number of halogens is 1. The van der Waals surface area contributed by atoms with Crippen molar-refractivity contribution in [2.45, 2.75) is 42.3 Å². The van der Waals surface area contributed by atoms with E-state index in [1.807, 2.05) is 43.3 Å². The molecular weight excluding hydrogens is 400 g/mol. The Hall–Kier alpha value is -1.28. The molecule has 1 aliphatic rings. The highest BCUT2D eigenvalue weighted by atomic mass is 35.5. The Kier molecular flexibility index (Phi) is 7.25. The van der Waals surface area contributed by atoms with Crippen molar-refractivity contribution >= 4 is 23.4 Å². The van der Waals surface area contributed by atoms with Gasteiger partial charge in [-0.1, -0.05) is 35.9 Å². The number of aliphatic hydroxyl groups is 3. The lowest BCUT2D eigenvalue weighted by molar-refractivity contribution is -0.0998. The first-order valence-electron chi connectivity index (χ1n) is 9.17. The number of aliphatic hydroxyl groups excluding tert-OH is 3. The summed E-state index contributed by atoms with van der Waals surface area (Å²) in [5.74, 6) is 0.825. The first kappa shape index (κ1) is 21.4. The summed E-state index contributed by atoms with van der Waals surface area (Å²) in [5.41, 5.74) is 2.22. The molecule has 3 rings (SSSR count). The Balaban J connectivity index is 1.82. The van der Waals surface area contributed by atoms with Crippen molar-refractivity contribution in [3.05, 3.63) is 64.2 Å². The molecule has 7 heteroatoms. The van der Waals surface area contributed by atoms with Crippen LogP contribution in [0.15, 0.2) is 42.5 Å². The lowest BCUT2D eigenvalue weighted by atomic mass is 9.96. The van der Waals surface area contributed by atoms with Gasteiger partial charge in [0.2, 0.25) is 0 Å². The maximum absolute atomic E-state index is 10.5. The molecule has 0 unspecified atom stereocenters. The fourth-order valence-electron chi connectivity index (χ4n) is 3.32. The second kappa shape index (κ2) is 9.48. The molecule has 0 saturated carbocycles. The van der Waals surface area contributed by atoms with Gasteiger partial charge in [-0.05, 0) is 48.2 Å². The summed E-state index contributed by atoms with van der Waals surface area (Å²) in [6.07, 6.45) is -2.89. The molecule has 1 saturated heterocycles. The van der Waals surface area contributed by atoms with Crippen LogP contribution in [0, 0.1) is 0 Å². The average molecular weight is 425 g/mol. The Morgan fingerprint density at radius 3 is 2.36 bits per heavy atom. The number of benzene rings is 2. The molecule has 0 aromatic heterocycles. The minimum Gasteiger partial charge on any atom is -0.494 e. The molecule has 2 aromatic rings. The SMILES string of the molecule is CCOc1ccc(Cc2cc([C@@H]3S[C@@H](OC)[C@@H](O)[C@H](O)[C@H]3O)ccc2Cl)cc1. The first-order valence-corrected chi connectivity index (χ1v) is 10.5. The van der Waals surface area contributed by atoms with Crippen LogP contribution in [0.25, 0.3) is 0 Å². The van der Waals surface area contributed by atoms with E-state index in [9.17, 15) is 15.3 Å². The van der Waals surface area contributed by atoms with E-state index < -0.39 is 29.0 Å². The maximum atomic E-state index is 10.5. The van der Waals surface area contributed by atoms with Gasteiger partial charge >= 0.3 is 0 Å². The van der Waals surface area contributed by atoms with Gasteiger partial charge in [0.05, 0.1) is 18.0 Å². The highest BCUT2D eigenvalue weighted by Crippen LogP contribution is 2.44. The van der Waals surface area contributed by atoms with E-state index in [-0.39, 0.29) is 0 Å². The molecule has 0 aliphatic carbocycles. The summed E-state index contributed by atoms with van der Waals surface area (Å²) in [7, 11) is 1.47. The van der Waals surface area contributed by atoms with Gasteiger partial charge < -0.3 is 24.8 Å². The molecule has 152 valence electrons. The normalized spacial score (nSPS) is 27.6. The van der Waals surface area contributed by atoms with Crippen LogP contribution >= 0.6 is 23.4 Å². The van der Waals surface area contributed by atoms with E-state index in [0.29, 0.717) is 18.1 Å². The molecule has 1 aliphatic heterocycles. The first-order chi connectivity index (χ1) is 13.4. The standard InChI is InChI=1S/C21H25ClO5S/c1-3-27-15-7-4-12(5-8-15)10-14-11-13(6-9-16(14)22)20-18(24)17(23)19(25)21(26-2)28-20/h4-9,11,17-21,23-25H,3,10H2,1-2H3/t17-,18-,19+,20+,21-/m1/s1. The highest BCUT2D eigenvalue weighted by molar-refractivity contribution is 8.00. The van der Waals surface area contributed by atoms with E-state index in [1.165, 1.54) is 18.9 Å². The minimum absolute atomic E-state index is 0.431. The van der Waals surface area contributed by atoms with Gasteiger partial charge in [0.15, 0.2) is 0 Å². The van der Waals surface area contributed by atoms with Crippen molar-refractivity contribution in [1.82, 2.24) is 0 Å². The Bertz CT molecular complexity index is 783.